The van der Waals surface area contributed by atoms with Crippen LogP contribution < -0.4 is 4.72 Å². The molecule has 54 valence electrons. The van der Waals surface area contributed by atoms with Crippen molar-refractivity contribution in [3.8, 4) is 0 Å². The van der Waals surface area contributed by atoms with Gasteiger partial charge in [-0.1, -0.05) is 0 Å². The summed E-state index contributed by atoms with van der Waals surface area (Å²) in [5.74, 6) is 0. The fourth-order valence-electron chi connectivity index (χ4n) is 0.824. The van der Waals surface area contributed by atoms with Crippen LogP contribution >= 0.6 is 11.3 Å². The molecule has 1 aliphatic rings. The van der Waals surface area contributed by atoms with E-state index < -0.39 is 10.0 Å². The molecule has 0 atom stereocenters. The summed E-state index contributed by atoms with van der Waals surface area (Å²) in [6, 6.07) is 0. The van der Waals surface area contributed by atoms with Gasteiger partial charge < -0.3 is 0 Å². The van der Waals surface area contributed by atoms with Crippen LogP contribution in [0.2, 0.25) is 0 Å². The Morgan fingerprint density at radius 1 is 1.70 bits per heavy atom. The van der Waals surface area contributed by atoms with Crippen molar-refractivity contribution in [1.29, 1.82) is 0 Å². The van der Waals surface area contributed by atoms with E-state index >= 15 is 0 Å². The van der Waals surface area contributed by atoms with Gasteiger partial charge in [-0.25, -0.2) is 18.1 Å². The molecule has 0 aliphatic carbocycles. The van der Waals surface area contributed by atoms with Crippen molar-refractivity contribution in [1.82, 2.24) is 9.71 Å². The van der Waals surface area contributed by atoms with E-state index in [0.29, 0.717) is 16.4 Å². The fraction of sp³-hybridized carbons (Fsp3) is 0.250. The predicted octanol–water partition coefficient (Wildman–Crippen LogP) is -0.0650. The molecule has 6 heteroatoms. The molecule has 2 rings (SSSR count). The quantitative estimate of drug-likeness (QED) is 0.602. The second-order valence-electron chi connectivity index (χ2n) is 1.91. The Balaban J connectivity index is 2.76. The lowest BCUT2D eigenvalue weighted by molar-refractivity contribution is 0.591. The lowest BCUT2D eigenvalue weighted by Gasteiger charge is -1.87. The van der Waals surface area contributed by atoms with Crippen LogP contribution in [0.1, 0.15) is 5.69 Å². The van der Waals surface area contributed by atoms with E-state index in [1.165, 1.54) is 0 Å². The van der Waals surface area contributed by atoms with Crippen molar-refractivity contribution in [2.75, 3.05) is 0 Å². The number of hydrogen-bond acceptors (Lipinski definition) is 4. The fourth-order valence-corrected chi connectivity index (χ4v) is 3.07. The highest BCUT2D eigenvalue weighted by Gasteiger charge is 2.27. The van der Waals surface area contributed by atoms with E-state index in [2.05, 4.69) is 9.71 Å². The molecule has 0 spiro atoms. The molecule has 1 aliphatic heterocycles. The molecular weight excluding hydrogens is 172 g/mol. The van der Waals surface area contributed by atoms with Crippen LogP contribution in [0.5, 0.6) is 0 Å². The first-order chi connectivity index (χ1) is 4.70. The monoisotopic (exact) mass is 176 g/mol. The summed E-state index contributed by atoms with van der Waals surface area (Å²) in [5, 5.41) is 0. The maximum absolute atomic E-state index is 11.0. The van der Waals surface area contributed by atoms with Crippen molar-refractivity contribution < 1.29 is 8.42 Å². The number of hydrogen-bond donors (Lipinski definition) is 1. The van der Waals surface area contributed by atoms with Crippen LogP contribution in [0.25, 0.3) is 0 Å². The zero-order valence-electron chi connectivity index (χ0n) is 4.86. The molecule has 0 fully saturated rings. The Morgan fingerprint density at radius 3 is 3.20 bits per heavy atom. The third kappa shape index (κ3) is 0.695. The summed E-state index contributed by atoms with van der Waals surface area (Å²) < 4.78 is 24.7. The van der Waals surface area contributed by atoms with Crippen LogP contribution in [0, 0.1) is 0 Å². The van der Waals surface area contributed by atoms with E-state index in [4.69, 9.17) is 0 Å². The van der Waals surface area contributed by atoms with Gasteiger partial charge in [0.2, 0.25) is 0 Å². The average Bonchev–Trinajstić information content (AvgIpc) is 2.36. The van der Waals surface area contributed by atoms with E-state index in [-0.39, 0.29) is 0 Å². The van der Waals surface area contributed by atoms with Crippen LogP contribution in [0.3, 0.4) is 0 Å². The topological polar surface area (TPSA) is 59.1 Å². The Morgan fingerprint density at radius 2 is 2.50 bits per heavy atom. The van der Waals surface area contributed by atoms with Crippen LogP contribution in [0.4, 0.5) is 0 Å². The lowest BCUT2D eigenvalue weighted by atomic mass is 10.5. The molecule has 0 saturated heterocycles. The maximum Gasteiger partial charge on any atom is 0.252 e. The predicted molar refractivity (Wildman–Crippen MR) is 36.1 cm³/mol. The molecule has 0 bridgehead atoms. The van der Waals surface area contributed by atoms with E-state index in [1.807, 2.05) is 0 Å². The van der Waals surface area contributed by atoms with Gasteiger partial charge in [0.25, 0.3) is 10.0 Å². The van der Waals surface area contributed by atoms with Crippen molar-refractivity contribution in [3.63, 3.8) is 0 Å². The van der Waals surface area contributed by atoms with Gasteiger partial charge >= 0.3 is 0 Å². The SMILES string of the molecule is O=S1(=O)NCc2ncsc21. The summed E-state index contributed by atoms with van der Waals surface area (Å²) in [4.78, 5) is 3.87. The highest BCUT2D eigenvalue weighted by Crippen LogP contribution is 2.24. The zero-order valence-corrected chi connectivity index (χ0v) is 6.50. The van der Waals surface area contributed by atoms with Crippen LogP contribution in [-0.4, -0.2) is 13.4 Å². The van der Waals surface area contributed by atoms with Gasteiger partial charge in [-0.2, -0.15) is 0 Å². The first kappa shape index (κ1) is 6.26. The molecule has 1 N–H and O–H groups in total. The highest BCUT2D eigenvalue weighted by atomic mass is 32.2. The minimum Gasteiger partial charge on any atom is -0.247 e. The van der Waals surface area contributed by atoms with Crippen molar-refractivity contribution in [2.45, 2.75) is 10.8 Å². The number of thiazole rings is 1. The minimum absolute atomic E-state index is 0.348. The van der Waals surface area contributed by atoms with E-state index in [1.54, 1.807) is 5.51 Å². The number of nitrogens with one attached hydrogen (secondary N) is 1. The van der Waals surface area contributed by atoms with Gasteiger partial charge in [-0.05, 0) is 0 Å². The van der Waals surface area contributed by atoms with Crippen molar-refractivity contribution in [2.24, 2.45) is 0 Å². The second kappa shape index (κ2) is 1.77. The summed E-state index contributed by atoms with van der Waals surface area (Å²) >= 11 is 1.16. The minimum atomic E-state index is -3.16. The second-order valence-corrected chi connectivity index (χ2v) is 4.73. The lowest BCUT2D eigenvalue weighted by Crippen LogP contribution is -2.13. The number of fused-ring (bicyclic) bond motifs is 1. The van der Waals surface area contributed by atoms with Crippen molar-refractivity contribution >= 4 is 21.4 Å². The van der Waals surface area contributed by atoms with Crippen LogP contribution in [-0.2, 0) is 16.6 Å². The van der Waals surface area contributed by atoms with Crippen molar-refractivity contribution in [3.05, 3.63) is 11.2 Å². The third-order valence-corrected chi connectivity index (χ3v) is 4.13. The van der Waals surface area contributed by atoms with Gasteiger partial charge in [0.1, 0.15) is 0 Å². The molecule has 0 aromatic carbocycles. The van der Waals surface area contributed by atoms with Gasteiger partial charge in [0, 0.05) is 0 Å². The number of nitrogens with zero attached hydrogens (tertiary/aromatic N) is 1. The molecule has 1 aromatic rings. The molecule has 0 unspecified atom stereocenters. The van der Waals surface area contributed by atoms with Gasteiger partial charge in [-0.15, -0.1) is 11.3 Å². The highest BCUT2D eigenvalue weighted by molar-refractivity contribution is 7.91. The smallest absolute Gasteiger partial charge is 0.247 e. The van der Waals surface area contributed by atoms with E-state index in [0.717, 1.165) is 11.3 Å². The molecule has 10 heavy (non-hydrogen) atoms. The molecule has 0 amide bonds. The summed E-state index contributed by atoms with van der Waals surface area (Å²) in [6.45, 7) is 0.348. The summed E-state index contributed by atoms with van der Waals surface area (Å²) in [5.41, 5.74) is 2.19. The van der Waals surface area contributed by atoms with Gasteiger partial charge in [0.05, 0.1) is 17.7 Å². The van der Waals surface area contributed by atoms with Gasteiger partial charge in [-0.3, -0.25) is 0 Å². The molecule has 4 nitrogen and oxygen atoms in total. The first-order valence-corrected chi connectivity index (χ1v) is 4.98. The third-order valence-electron chi connectivity index (χ3n) is 1.28. The maximum atomic E-state index is 11.0. The Labute approximate surface area is 62.0 Å². The summed E-state index contributed by atoms with van der Waals surface area (Å²) in [7, 11) is -3.16. The zero-order chi connectivity index (χ0) is 7.19. The van der Waals surface area contributed by atoms with E-state index in [9.17, 15) is 8.42 Å². The number of rotatable bonds is 0. The van der Waals surface area contributed by atoms with Gasteiger partial charge in [0.15, 0.2) is 4.21 Å². The normalized spacial score (nSPS) is 20.8. The molecule has 2 heterocycles. The largest absolute Gasteiger partial charge is 0.252 e. The molecule has 1 aromatic heterocycles. The number of sulfonamides is 1. The summed E-state index contributed by atoms with van der Waals surface area (Å²) in [6.07, 6.45) is 0. The first-order valence-electron chi connectivity index (χ1n) is 2.62. The Bertz CT molecular complexity index is 353. The average molecular weight is 176 g/mol. The molecule has 0 saturated carbocycles. The number of aromatic nitrogens is 1. The van der Waals surface area contributed by atoms with Crippen LogP contribution in [0.15, 0.2) is 9.72 Å². The Hall–Kier alpha value is -0.460. The molecular formula is C4H4N2O2S2. The Kier molecular flexibility index (Phi) is 1.11. The standard InChI is InChI=1S/C4H4N2O2S2/c7-10(8)4-3(1-6-10)5-2-9-4/h2,6H,1H2. The molecule has 0 radical (unpaired) electrons.